The quantitative estimate of drug-likeness (QED) is 0.447. The highest BCUT2D eigenvalue weighted by atomic mass is 16.5. The van der Waals surface area contributed by atoms with Gasteiger partial charge in [0.15, 0.2) is 0 Å². The Morgan fingerprint density at radius 1 is 1.06 bits per heavy atom. The molecular formula is C26H24N2O3. The van der Waals surface area contributed by atoms with E-state index in [0.717, 1.165) is 50.4 Å². The second-order valence-corrected chi connectivity index (χ2v) is 7.91. The maximum absolute atomic E-state index is 13.2. The van der Waals surface area contributed by atoms with Gasteiger partial charge in [-0.2, -0.15) is 0 Å². The molecule has 156 valence electrons. The number of nitrogens with one attached hydrogen (secondary N) is 1. The van der Waals surface area contributed by atoms with Gasteiger partial charge in [-0.3, -0.25) is 4.79 Å². The Labute approximate surface area is 180 Å². The minimum absolute atomic E-state index is 0.0424. The number of nitrogens with zero attached hydrogens (tertiary/aromatic N) is 1. The molecule has 5 heteroatoms. The first kappa shape index (κ1) is 19.2. The number of H-pyrrole nitrogens is 1. The summed E-state index contributed by atoms with van der Waals surface area (Å²) >= 11 is 0. The van der Waals surface area contributed by atoms with Crippen molar-refractivity contribution in [2.24, 2.45) is 0 Å². The summed E-state index contributed by atoms with van der Waals surface area (Å²) in [6.07, 6.45) is 1.64. The van der Waals surface area contributed by atoms with Crippen molar-refractivity contribution in [3.05, 3.63) is 89.4 Å². The van der Waals surface area contributed by atoms with Crippen LogP contribution in [0.15, 0.2) is 82.5 Å². The highest BCUT2D eigenvalue weighted by molar-refractivity contribution is 6.00. The Hall–Kier alpha value is -3.73. The number of aromatic amines is 1. The normalized spacial score (nSPS) is 16.5. The minimum atomic E-state index is -0.185. The van der Waals surface area contributed by atoms with Gasteiger partial charge in [-0.15, -0.1) is 0 Å². The summed E-state index contributed by atoms with van der Waals surface area (Å²) < 4.78 is 11.0. The molecule has 0 radical (unpaired) electrons. The number of amides is 1. The summed E-state index contributed by atoms with van der Waals surface area (Å²) in [6, 6.07) is 19.8. The van der Waals surface area contributed by atoms with E-state index >= 15 is 0 Å². The number of hydrogen-bond acceptors (Lipinski definition) is 3. The molecule has 4 aromatic rings. The molecule has 2 aromatic heterocycles. The number of fused-ring (bicyclic) bond motifs is 1. The number of ether oxygens (including phenoxy) is 1. The molecule has 0 saturated carbocycles. The lowest BCUT2D eigenvalue weighted by Crippen LogP contribution is -2.29. The molecule has 0 aliphatic carbocycles. The van der Waals surface area contributed by atoms with Crippen LogP contribution >= 0.6 is 0 Å². The monoisotopic (exact) mass is 412 g/mol. The van der Waals surface area contributed by atoms with Crippen LogP contribution in [-0.4, -0.2) is 22.9 Å². The number of aromatic nitrogens is 1. The highest BCUT2D eigenvalue weighted by Gasteiger charge is 2.39. The molecule has 1 amide bonds. The summed E-state index contributed by atoms with van der Waals surface area (Å²) in [5.41, 5.74) is 6.00. The van der Waals surface area contributed by atoms with E-state index in [4.69, 9.17) is 9.15 Å². The smallest absolute Gasteiger partial charge is 0.250 e. The van der Waals surface area contributed by atoms with Gasteiger partial charge in [0.2, 0.25) is 0 Å². The Kier molecular flexibility index (Phi) is 4.66. The van der Waals surface area contributed by atoms with Gasteiger partial charge < -0.3 is 19.0 Å². The van der Waals surface area contributed by atoms with E-state index in [9.17, 15) is 4.79 Å². The third-order valence-corrected chi connectivity index (χ3v) is 6.18. The van der Waals surface area contributed by atoms with Gasteiger partial charge in [-0.05, 0) is 49.8 Å². The van der Waals surface area contributed by atoms with Crippen LogP contribution in [0.4, 0.5) is 0 Å². The van der Waals surface area contributed by atoms with Crippen LogP contribution in [0.3, 0.4) is 0 Å². The fourth-order valence-corrected chi connectivity index (χ4v) is 4.50. The molecular weight excluding hydrogens is 388 g/mol. The molecule has 1 aliphatic rings. The Morgan fingerprint density at radius 3 is 2.68 bits per heavy atom. The molecule has 1 atom stereocenters. The second kappa shape index (κ2) is 7.51. The van der Waals surface area contributed by atoms with Crippen LogP contribution in [0, 0.1) is 0 Å². The van der Waals surface area contributed by atoms with Crippen LogP contribution in [0.5, 0.6) is 5.75 Å². The van der Waals surface area contributed by atoms with E-state index in [1.165, 1.54) is 0 Å². The second-order valence-electron chi connectivity index (χ2n) is 7.91. The average Bonchev–Trinajstić information content (AvgIpc) is 3.49. The molecule has 0 spiro atoms. The van der Waals surface area contributed by atoms with Gasteiger partial charge in [-0.1, -0.05) is 30.3 Å². The molecule has 3 heterocycles. The molecule has 1 aliphatic heterocycles. The van der Waals surface area contributed by atoms with Gasteiger partial charge in [-0.25, -0.2) is 0 Å². The first-order chi connectivity index (χ1) is 15.1. The summed E-state index contributed by atoms with van der Waals surface area (Å²) in [5, 5.41) is 1.11. The van der Waals surface area contributed by atoms with E-state index in [2.05, 4.69) is 30.1 Å². The van der Waals surface area contributed by atoms with Crippen LogP contribution in [-0.2, 0) is 11.3 Å². The first-order valence-electron chi connectivity index (χ1n) is 10.3. The van der Waals surface area contributed by atoms with Crippen LogP contribution in [0.25, 0.3) is 22.2 Å². The van der Waals surface area contributed by atoms with E-state index in [1.54, 1.807) is 13.4 Å². The molecule has 0 unspecified atom stereocenters. The standard InChI is InChI=1S/C26H24N2O3/c1-16-17(2)26(29)28(15-20-10-7-13-31-20)25(16)23-21-11-4-5-12-22(21)27-24(23)18-8-6-9-19(14-18)30-3/h4-14,25,27H,15H2,1-3H3/t25-/m0/s1. The zero-order valence-electron chi connectivity index (χ0n) is 17.8. The predicted octanol–water partition coefficient (Wildman–Crippen LogP) is 5.86. The maximum Gasteiger partial charge on any atom is 0.250 e. The highest BCUT2D eigenvalue weighted by Crippen LogP contribution is 2.45. The molecule has 5 nitrogen and oxygen atoms in total. The van der Waals surface area contributed by atoms with Crippen molar-refractivity contribution in [3.63, 3.8) is 0 Å². The zero-order valence-corrected chi connectivity index (χ0v) is 17.8. The maximum atomic E-state index is 13.2. The Balaban J connectivity index is 1.73. The van der Waals surface area contributed by atoms with Crippen LogP contribution in [0.1, 0.15) is 31.2 Å². The van der Waals surface area contributed by atoms with Gasteiger partial charge in [0.25, 0.3) is 5.91 Å². The van der Waals surface area contributed by atoms with Crippen molar-refractivity contribution in [2.75, 3.05) is 7.11 Å². The summed E-state index contributed by atoms with van der Waals surface area (Å²) in [4.78, 5) is 18.7. The summed E-state index contributed by atoms with van der Waals surface area (Å²) in [7, 11) is 1.67. The third-order valence-electron chi connectivity index (χ3n) is 6.18. The number of methoxy groups -OCH3 is 1. The lowest BCUT2D eigenvalue weighted by molar-refractivity contribution is -0.127. The molecule has 1 N–H and O–H groups in total. The zero-order chi connectivity index (χ0) is 21.5. The first-order valence-corrected chi connectivity index (χ1v) is 10.3. The third kappa shape index (κ3) is 3.13. The van der Waals surface area contributed by atoms with E-state index < -0.39 is 0 Å². The SMILES string of the molecule is COc1cccc(-c2[nH]c3ccccc3c2[C@@H]2C(C)=C(C)C(=O)N2Cc2ccco2)c1. The van der Waals surface area contributed by atoms with Crippen LogP contribution in [0.2, 0.25) is 0 Å². The number of rotatable bonds is 5. The molecule has 0 fully saturated rings. The van der Waals surface area contributed by atoms with Crippen molar-refractivity contribution in [3.8, 4) is 17.0 Å². The Morgan fingerprint density at radius 2 is 1.90 bits per heavy atom. The van der Waals surface area contributed by atoms with Gasteiger partial charge in [0.05, 0.1) is 31.7 Å². The van der Waals surface area contributed by atoms with Crippen LogP contribution < -0.4 is 4.74 Å². The van der Waals surface area contributed by atoms with Gasteiger partial charge in [0, 0.05) is 27.6 Å². The minimum Gasteiger partial charge on any atom is -0.497 e. The average molecular weight is 412 g/mol. The number of carbonyl (C=O) groups excluding carboxylic acids is 1. The molecule has 31 heavy (non-hydrogen) atoms. The molecule has 0 saturated heterocycles. The number of furan rings is 1. The number of benzene rings is 2. The fraction of sp³-hybridized carbons (Fsp3) is 0.192. The molecule has 0 bridgehead atoms. The van der Waals surface area contributed by atoms with E-state index in [-0.39, 0.29) is 11.9 Å². The van der Waals surface area contributed by atoms with Gasteiger partial charge in [0.1, 0.15) is 11.5 Å². The molecule has 5 rings (SSSR count). The lowest BCUT2D eigenvalue weighted by Gasteiger charge is -2.27. The lowest BCUT2D eigenvalue weighted by atomic mass is 9.93. The largest absolute Gasteiger partial charge is 0.497 e. The Bertz CT molecular complexity index is 1300. The van der Waals surface area contributed by atoms with Gasteiger partial charge >= 0.3 is 0 Å². The predicted molar refractivity (Wildman–Crippen MR) is 121 cm³/mol. The summed E-state index contributed by atoms with van der Waals surface area (Å²) in [5.74, 6) is 1.60. The van der Waals surface area contributed by atoms with E-state index in [0.29, 0.717) is 6.54 Å². The number of para-hydroxylation sites is 1. The van der Waals surface area contributed by atoms with Crippen molar-refractivity contribution < 1.29 is 13.9 Å². The van der Waals surface area contributed by atoms with Crippen molar-refractivity contribution in [1.29, 1.82) is 0 Å². The number of carbonyl (C=O) groups is 1. The topological polar surface area (TPSA) is 58.5 Å². The number of hydrogen-bond donors (Lipinski definition) is 1. The van der Waals surface area contributed by atoms with Crippen molar-refractivity contribution in [1.82, 2.24) is 9.88 Å². The van der Waals surface area contributed by atoms with Crippen molar-refractivity contribution >= 4 is 16.8 Å². The fourth-order valence-electron chi connectivity index (χ4n) is 4.50. The molecule has 2 aromatic carbocycles. The summed E-state index contributed by atoms with van der Waals surface area (Å²) in [6.45, 7) is 4.38. The van der Waals surface area contributed by atoms with Crippen molar-refractivity contribution in [2.45, 2.75) is 26.4 Å². The van der Waals surface area contributed by atoms with E-state index in [1.807, 2.05) is 54.3 Å².